The highest BCUT2D eigenvalue weighted by molar-refractivity contribution is 5.79. The number of para-hydroxylation sites is 1. The molecule has 0 amide bonds. The van der Waals surface area contributed by atoms with E-state index in [1.54, 1.807) is 6.07 Å². The molecule has 0 spiro atoms. The van der Waals surface area contributed by atoms with Crippen molar-refractivity contribution in [3.05, 3.63) is 23.8 Å². The average Bonchev–Trinajstić information content (AvgIpc) is 2.56. The Morgan fingerprint density at radius 3 is 2.74 bits per heavy atom. The first-order chi connectivity index (χ1) is 11.2. The van der Waals surface area contributed by atoms with Crippen LogP contribution < -0.4 is 15.4 Å². The molecule has 0 aromatic heterocycles. The highest BCUT2D eigenvalue weighted by Crippen LogP contribution is 2.29. The molecule has 0 saturated heterocycles. The van der Waals surface area contributed by atoms with E-state index < -0.39 is 0 Å². The predicted octanol–water partition coefficient (Wildman–Crippen LogP) is 2.27. The molecule has 0 fully saturated rings. The number of hydrogen-bond donors (Lipinski definition) is 3. The van der Waals surface area contributed by atoms with Gasteiger partial charge in [0.2, 0.25) is 0 Å². The second-order valence-corrected chi connectivity index (χ2v) is 4.99. The number of methoxy groups -OCH3 is 1. The summed E-state index contributed by atoms with van der Waals surface area (Å²) >= 11 is 0. The van der Waals surface area contributed by atoms with Gasteiger partial charge in [0.15, 0.2) is 17.5 Å². The fourth-order valence-corrected chi connectivity index (χ4v) is 2.05. The molecule has 0 saturated carbocycles. The van der Waals surface area contributed by atoms with E-state index in [0.29, 0.717) is 12.3 Å². The molecule has 0 unspecified atom stereocenters. The van der Waals surface area contributed by atoms with Crippen LogP contribution in [0.4, 0.5) is 0 Å². The minimum Gasteiger partial charge on any atom is -0.504 e. The van der Waals surface area contributed by atoms with Gasteiger partial charge in [-0.15, -0.1) is 0 Å². The summed E-state index contributed by atoms with van der Waals surface area (Å²) < 4.78 is 10.4. The van der Waals surface area contributed by atoms with Crippen molar-refractivity contribution in [1.29, 1.82) is 0 Å². The van der Waals surface area contributed by atoms with Gasteiger partial charge in [-0.05, 0) is 32.8 Å². The van der Waals surface area contributed by atoms with Gasteiger partial charge in [-0.2, -0.15) is 0 Å². The van der Waals surface area contributed by atoms with Crippen LogP contribution in [0.5, 0.6) is 11.5 Å². The molecule has 0 aliphatic rings. The van der Waals surface area contributed by atoms with Crippen molar-refractivity contribution >= 4 is 5.96 Å². The molecule has 23 heavy (non-hydrogen) atoms. The molecule has 3 N–H and O–H groups in total. The first-order valence-corrected chi connectivity index (χ1v) is 8.17. The zero-order valence-electron chi connectivity index (χ0n) is 14.4. The summed E-state index contributed by atoms with van der Waals surface area (Å²) in [6.07, 6.45) is 2.05. The molecular weight excluding hydrogens is 294 g/mol. The molecule has 1 aromatic rings. The second-order valence-electron chi connectivity index (χ2n) is 4.99. The Bertz CT molecular complexity index is 478. The van der Waals surface area contributed by atoms with E-state index >= 15 is 0 Å². The monoisotopic (exact) mass is 323 g/mol. The van der Waals surface area contributed by atoms with Crippen LogP contribution in [0.15, 0.2) is 23.2 Å². The van der Waals surface area contributed by atoms with Crippen molar-refractivity contribution in [3.8, 4) is 11.5 Å². The molecule has 0 aliphatic heterocycles. The summed E-state index contributed by atoms with van der Waals surface area (Å²) in [5.74, 6) is 1.35. The lowest BCUT2D eigenvalue weighted by atomic mass is 10.2. The van der Waals surface area contributed by atoms with E-state index in [1.165, 1.54) is 7.11 Å². The van der Waals surface area contributed by atoms with Gasteiger partial charge < -0.3 is 25.2 Å². The highest BCUT2D eigenvalue weighted by atomic mass is 16.5. The maximum atomic E-state index is 10.1. The molecule has 0 radical (unpaired) electrons. The average molecular weight is 323 g/mol. The highest BCUT2D eigenvalue weighted by Gasteiger charge is 2.07. The van der Waals surface area contributed by atoms with E-state index in [-0.39, 0.29) is 5.75 Å². The van der Waals surface area contributed by atoms with Gasteiger partial charge in [-0.1, -0.05) is 12.1 Å². The molecular formula is C17H29N3O3. The fraction of sp³-hybridized carbons (Fsp3) is 0.588. The number of phenols is 1. The van der Waals surface area contributed by atoms with Crippen LogP contribution >= 0.6 is 0 Å². The lowest BCUT2D eigenvalue weighted by Gasteiger charge is -2.12. The number of rotatable bonds is 10. The number of hydrogen-bond acceptors (Lipinski definition) is 4. The van der Waals surface area contributed by atoms with Gasteiger partial charge in [0.25, 0.3) is 0 Å². The summed E-state index contributed by atoms with van der Waals surface area (Å²) in [5, 5.41) is 16.6. The first-order valence-electron chi connectivity index (χ1n) is 8.17. The third-order valence-corrected chi connectivity index (χ3v) is 3.27. The Morgan fingerprint density at radius 1 is 1.22 bits per heavy atom. The smallest absolute Gasteiger partial charge is 0.191 e. The summed E-state index contributed by atoms with van der Waals surface area (Å²) in [6.45, 7) is 7.60. The molecule has 1 rings (SSSR count). The number of guanidine groups is 1. The van der Waals surface area contributed by atoms with Crippen molar-refractivity contribution in [1.82, 2.24) is 10.6 Å². The summed E-state index contributed by atoms with van der Waals surface area (Å²) in [5.41, 5.74) is 0.734. The molecule has 0 atom stereocenters. The second kappa shape index (κ2) is 11.6. The van der Waals surface area contributed by atoms with Gasteiger partial charge in [0, 0.05) is 31.9 Å². The van der Waals surface area contributed by atoms with Crippen LogP contribution in [0.25, 0.3) is 0 Å². The van der Waals surface area contributed by atoms with Crippen LogP contribution in [-0.2, 0) is 11.3 Å². The standard InChI is InChI=1S/C17H29N3O3/c1-4-18-17(19-11-6-7-12-23-5-2)20-13-14-9-8-10-15(22-3)16(14)21/h8-10,21H,4-7,11-13H2,1-3H3,(H2,18,19,20). The lowest BCUT2D eigenvalue weighted by molar-refractivity contribution is 0.143. The maximum Gasteiger partial charge on any atom is 0.191 e. The normalized spacial score (nSPS) is 11.3. The lowest BCUT2D eigenvalue weighted by Crippen LogP contribution is -2.37. The van der Waals surface area contributed by atoms with E-state index in [9.17, 15) is 5.11 Å². The van der Waals surface area contributed by atoms with Crippen LogP contribution in [-0.4, -0.2) is 44.5 Å². The minimum absolute atomic E-state index is 0.145. The predicted molar refractivity (Wildman–Crippen MR) is 93.2 cm³/mol. The van der Waals surface area contributed by atoms with Gasteiger partial charge in [-0.25, -0.2) is 4.99 Å². The Balaban J connectivity index is 2.51. The molecule has 130 valence electrons. The fourth-order valence-electron chi connectivity index (χ4n) is 2.05. The third-order valence-electron chi connectivity index (χ3n) is 3.27. The number of aliphatic imine (C=N–C) groups is 1. The van der Waals surface area contributed by atoms with Gasteiger partial charge >= 0.3 is 0 Å². The molecule has 0 aliphatic carbocycles. The van der Waals surface area contributed by atoms with Crippen LogP contribution in [0.2, 0.25) is 0 Å². The summed E-state index contributed by atoms with van der Waals surface area (Å²) in [4.78, 5) is 4.50. The number of benzene rings is 1. The number of nitrogens with one attached hydrogen (secondary N) is 2. The van der Waals surface area contributed by atoms with Crippen LogP contribution in [0.1, 0.15) is 32.3 Å². The Labute approximate surface area is 138 Å². The number of ether oxygens (including phenoxy) is 2. The first kappa shape index (κ1) is 19.1. The summed E-state index contributed by atoms with van der Waals surface area (Å²) in [6, 6.07) is 5.41. The van der Waals surface area contributed by atoms with Crippen molar-refractivity contribution in [2.75, 3.05) is 33.4 Å². The number of aromatic hydroxyl groups is 1. The van der Waals surface area contributed by atoms with E-state index in [4.69, 9.17) is 9.47 Å². The zero-order chi connectivity index (χ0) is 16.9. The van der Waals surface area contributed by atoms with Crippen molar-refractivity contribution in [2.45, 2.75) is 33.2 Å². The van der Waals surface area contributed by atoms with Gasteiger partial charge in [-0.3, -0.25) is 0 Å². The largest absolute Gasteiger partial charge is 0.504 e. The molecule has 0 bridgehead atoms. The quantitative estimate of drug-likeness (QED) is 0.350. The Hall–Kier alpha value is -1.95. The minimum atomic E-state index is 0.145. The molecule has 1 aromatic carbocycles. The third kappa shape index (κ3) is 7.23. The molecule has 6 nitrogen and oxygen atoms in total. The molecule has 0 heterocycles. The van der Waals surface area contributed by atoms with Crippen LogP contribution in [0.3, 0.4) is 0 Å². The van der Waals surface area contributed by atoms with Gasteiger partial charge in [0.05, 0.1) is 13.7 Å². The topological polar surface area (TPSA) is 75.1 Å². The molecule has 6 heteroatoms. The zero-order valence-corrected chi connectivity index (χ0v) is 14.4. The number of unbranched alkanes of at least 4 members (excludes halogenated alkanes) is 1. The maximum absolute atomic E-state index is 10.1. The SMILES string of the molecule is CCNC(=NCc1cccc(OC)c1O)NCCCCOCC. The van der Waals surface area contributed by atoms with Crippen molar-refractivity contribution in [2.24, 2.45) is 4.99 Å². The van der Waals surface area contributed by atoms with E-state index in [0.717, 1.165) is 50.7 Å². The Kier molecular flexibility index (Phi) is 9.63. The van der Waals surface area contributed by atoms with Gasteiger partial charge in [0.1, 0.15) is 0 Å². The van der Waals surface area contributed by atoms with Crippen molar-refractivity contribution in [3.63, 3.8) is 0 Å². The number of phenolic OH excluding ortho intramolecular Hbond substituents is 1. The van der Waals surface area contributed by atoms with Crippen molar-refractivity contribution < 1.29 is 14.6 Å². The number of nitrogens with zero attached hydrogens (tertiary/aromatic N) is 1. The summed E-state index contributed by atoms with van der Waals surface area (Å²) in [7, 11) is 1.54. The Morgan fingerprint density at radius 2 is 2.04 bits per heavy atom. The van der Waals surface area contributed by atoms with E-state index in [2.05, 4.69) is 15.6 Å². The van der Waals surface area contributed by atoms with E-state index in [1.807, 2.05) is 26.0 Å². The van der Waals surface area contributed by atoms with Crippen LogP contribution in [0, 0.1) is 0 Å².